The number of sulfonamides is 1. The van der Waals surface area contributed by atoms with Crippen LogP contribution in [0, 0.1) is 5.92 Å². The minimum atomic E-state index is -3.68. The van der Waals surface area contributed by atoms with Gasteiger partial charge >= 0.3 is 4.87 Å². The lowest BCUT2D eigenvalue weighted by atomic mass is 9.87. The summed E-state index contributed by atoms with van der Waals surface area (Å²) >= 11 is 1.07. The molecule has 1 saturated heterocycles. The molecule has 2 aromatic carbocycles. The monoisotopic (exact) mass is 499 g/mol. The van der Waals surface area contributed by atoms with E-state index in [2.05, 4.69) is 17.4 Å². The van der Waals surface area contributed by atoms with Crippen molar-refractivity contribution in [3.63, 3.8) is 0 Å². The number of hydrogen-bond acceptors (Lipinski definition) is 5. The van der Waals surface area contributed by atoms with Crippen LogP contribution in [-0.2, 0) is 27.8 Å². The van der Waals surface area contributed by atoms with Crippen molar-refractivity contribution in [3.8, 4) is 0 Å². The number of hydrogen-bond donors (Lipinski definition) is 1. The number of carbonyl (C=O) groups is 1. The molecule has 1 aliphatic carbocycles. The smallest absolute Gasteiger partial charge is 0.308 e. The Morgan fingerprint density at radius 3 is 2.65 bits per heavy atom. The second kappa shape index (κ2) is 9.28. The third-order valence-corrected chi connectivity index (χ3v) is 9.94. The van der Waals surface area contributed by atoms with Crippen LogP contribution in [0.25, 0.3) is 10.2 Å². The number of nitrogens with one attached hydrogen (secondary N) is 1. The fourth-order valence-corrected chi connectivity index (χ4v) is 7.77. The third kappa shape index (κ3) is 4.21. The van der Waals surface area contributed by atoms with Crippen LogP contribution in [-0.4, -0.2) is 36.3 Å². The molecule has 0 unspecified atom stereocenters. The number of fused-ring (bicyclic) bond motifs is 2. The van der Waals surface area contributed by atoms with E-state index in [0.717, 1.165) is 36.1 Å². The zero-order chi connectivity index (χ0) is 23.9. The normalized spacial score (nSPS) is 19.7. The lowest BCUT2D eigenvalue weighted by molar-refractivity contribution is -0.127. The maximum Gasteiger partial charge on any atom is 0.308 e. The molecule has 1 N–H and O–H groups in total. The number of rotatable bonds is 5. The fourth-order valence-electron chi connectivity index (χ4n) is 5.21. The number of amides is 1. The van der Waals surface area contributed by atoms with Gasteiger partial charge in [-0.1, -0.05) is 35.6 Å². The van der Waals surface area contributed by atoms with Crippen LogP contribution in [0.4, 0.5) is 0 Å². The van der Waals surface area contributed by atoms with E-state index < -0.39 is 10.0 Å². The fraction of sp³-hybridized carbons (Fsp3) is 0.440. The van der Waals surface area contributed by atoms with Crippen LogP contribution in [0.5, 0.6) is 0 Å². The van der Waals surface area contributed by atoms with Crippen molar-refractivity contribution in [2.75, 3.05) is 13.1 Å². The van der Waals surface area contributed by atoms with Crippen molar-refractivity contribution in [1.29, 1.82) is 0 Å². The van der Waals surface area contributed by atoms with Crippen LogP contribution in [0.15, 0.2) is 52.2 Å². The molecule has 1 aliphatic heterocycles. The van der Waals surface area contributed by atoms with E-state index in [-0.39, 0.29) is 27.6 Å². The lowest BCUT2D eigenvalue weighted by Crippen LogP contribution is -2.44. The van der Waals surface area contributed by atoms with Gasteiger partial charge in [-0.15, -0.1) is 0 Å². The first-order valence-electron chi connectivity index (χ1n) is 11.9. The molecule has 1 atom stereocenters. The average molecular weight is 500 g/mol. The predicted molar refractivity (Wildman–Crippen MR) is 134 cm³/mol. The minimum absolute atomic E-state index is 0.0193. The van der Waals surface area contributed by atoms with Gasteiger partial charge in [-0.2, -0.15) is 4.31 Å². The number of piperidine rings is 1. The Labute approximate surface area is 203 Å². The van der Waals surface area contributed by atoms with E-state index in [1.54, 1.807) is 22.8 Å². The summed E-state index contributed by atoms with van der Waals surface area (Å²) in [5.74, 6) is -0.169. The van der Waals surface area contributed by atoms with Crippen LogP contribution in [0.1, 0.15) is 49.8 Å². The highest BCUT2D eigenvalue weighted by Gasteiger charge is 2.33. The van der Waals surface area contributed by atoms with Gasteiger partial charge in [-0.25, -0.2) is 8.42 Å². The SMILES string of the molecule is CCn1c(=O)sc2cc(S(=O)(=O)N3CCC(C(=O)N[C@H]4CCCc5ccccc54)CC3)ccc21. The van der Waals surface area contributed by atoms with Gasteiger partial charge in [0.15, 0.2) is 0 Å². The van der Waals surface area contributed by atoms with Crippen LogP contribution >= 0.6 is 11.3 Å². The molecule has 34 heavy (non-hydrogen) atoms. The van der Waals surface area contributed by atoms with E-state index in [1.165, 1.54) is 15.4 Å². The van der Waals surface area contributed by atoms with Gasteiger partial charge in [0.25, 0.3) is 0 Å². The maximum atomic E-state index is 13.3. The molecule has 0 saturated carbocycles. The molecule has 1 fully saturated rings. The molecule has 0 spiro atoms. The van der Waals surface area contributed by atoms with Crippen molar-refractivity contribution >= 4 is 37.5 Å². The van der Waals surface area contributed by atoms with Crippen LogP contribution in [0.3, 0.4) is 0 Å². The van der Waals surface area contributed by atoms with Crippen LogP contribution < -0.4 is 10.2 Å². The summed E-state index contributed by atoms with van der Waals surface area (Å²) in [6.45, 7) is 3.07. The van der Waals surface area contributed by atoms with E-state index in [1.807, 2.05) is 19.1 Å². The topological polar surface area (TPSA) is 88.5 Å². The van der Waals surface area contributed by atoms with E-state index >= 15 is 0 Å². The Bertz CT molecular complexity index is 1380. The molecule has 1 aromatic heterocycles. The first-order chi connectivity index (χ1) is 16.4. The number of aryl methyl sites for hydroxylation is 2. The zero-order valence-corrected chi connectivity index (χ0v) is 20.8. The Morgan fingerprint density at radius 2 is 1.88 bits per heavy atom. The lowest BCUT2D eigenvalue weighted by Gasteiger charge is -2.32. The summed E-state index contributed by atoms with van der Waals surface area (Å²) in [7, 11) is -3.68. The first-order valence-corrected chi connectivity index (χ1v) is 14.2. The highest BCUT2D eigenvalue weighted by molar-refractivity contribution is 7.89. The molecule has 180 valence electrons. The molecule has 0 bridgehead atoms. The number of nitrogens with zero attached hydrogens (tertiary/aromatic N) is 2. The van der Waals surface area contributed by atoms with Gasteiger partial charge in [-0.05, 0) is 68.4 Å². The van der Waals surface area contributed by atoms with Crippen molar-refractivity contribution in [2.45, 2.75) is 56.5 Å². The summed E-state index contributed by atoms with van der Waals surface area (Å²) in [5, 5.41) is 3.23. The van der Waals surface area contributed by atoms with E-state index in [9.17, 15) is 18.0 Å². The Morgan fingerprint density at radius 1 is 1.12 bits per heavy atom. The van der Waals surface area contributed by atoms with E-state index in [0.29, 0.717) is 37.2 Å². The molecule has 9 heteroatoms. The Kier molecular flexibility index (Phi) is 6.35. The highest BCUT2D eigenvalue weighted by atomic mass is 32.2. The van der Waals surface area contributed by atoms with Gasteiger partial charge in [0.1, 0.15) is 0 Å². The molecule has 0 radical (unpaired) electrons. The van der Waals surface area contributed by atoms with Gasteiger partial charge < -0.3 is 5.32 Å². The quantitative estimate of drug-likeness (QED) is 0.580. The molecule has 2 heterocycles. The van der Waals surface area contributed by atoms with E-state index in [4.69, 9.17) is 0 Å². The van der Waals surface area contributed by atoms with Gasteiger partial charge in [0, 0.05) is 25.6 Å². The van der Waals surface area contributed by atoms with Crippen molar-refractivity contribution in [1.82, 2.24) is 14.2 Å². The predicted octanol–water partition coefficient (Wildman–Crippen LogP) is 3.68. The van der Waals surface area contributed by atoms with Gasteiger partial charge in [0.05, 0.1) is 21.2 Å². The molecule has 5 rings (SSSR count). The summed E-state index contributed by atoms with van der Waals surface area (Å²) in [4.78, 5) is 25.2. The molecular formula is C25H29N3O4S2. The molecule has 3 aromatic rings. The first kappa shape index (κ1) is 23.3. The molecule has 1 amide bonds. The second-order valence-corrected chi connectivity index (χ2v) is 12.0. The second-order valence-electron chi connectivity index (χ2n) is 9.07. The molecule has 2 aliphatic rings. The largest absolute Gasteiger partial charge is 0.349 e. The average Bonchev–Trinajstić information content (AvgIpc) is 3.18. The number of aromatic nitrogens is 1. The summed E-state index contributed by atoms with van der Waals surface area (Å²) in [6.07, 6.45) is 4.04. The van der Waals surface area contributed by atoms with Crippen LogP contribution in [0.2, 0.25) is 0 Å². The Hall–Kier alpha value is -2.49. The van der Waals surface area contributed by atoms with Gasteiger partial charge in [0.2, 0.25) is 15.9 Å². The van der Waals surface area contributed by atoms with Crippen molar-refractivity contribution < 1.29 is 13.2 Å². The maximum absolute atomic E-state index is 13.3. The number of benzene rings is 2. The molecular weight excluding hydrogens is 470 g/mol. The minimum Gasteiger partial charge on any atom is -0.349 e. The summed E-state index contributed by atoms with van der Waals surface area (Å²) in [5.41, 5.74) is 3.27. The summed E-state index contributed by atoms with van der Waals surface area (Å²) in [6, 6.07) is 13.2. The standard InChI is InChI=1S/C25H29N3O4S2/c1-2-28-22-11-10-19(16-23(22)33-25(28)30)34(31,32)27-14-12-18(13-15-27)24(29)26-21-9-5-7-17-6-3-4-8-20(17)21/h3-4,6,8,10-11,16,18,21H,2,5,7,9,12-15H2,1H3,(H,26,29)/t21-/m0/s1. The zero-order valence-electron chi connectivity index (χ0n) is 19.2. The third-order valence-electron chi connectivity index (χ3n) is 7.10. The number of carbonyl (C=O) groups excluding carboxylic acids is 1. The van der Waals surface area contributed by atoms with Crippen molar-refractivity contribution in [2.24, 2.45) is 5.92 Å². The molecule has 7 nitrogen and oxygen atoms in total. The summed E-state index contributed by atoms with van der Waals surface area (Å²) < 4.78 is 30.3. The van der Waals surface area contributed by atoms with Crippen molar-refractivity contribution in [3.05, 3.63) is 63.3 Å². The highest BCUT2D eigenvalue weighted by Crippen LogP contribution is 2.31. The van der Waals surface area contributed by atoms with Gasteiger partial charge in [-0.3, -0.25) is 14.2 Å². The Balaban J connectivity index is 1.25. The number of thiazole rings is 1.